The molecule has 2 unspecified atom stereocenters. The summed E-state index contributed by atoms with van der Waals surface area (Å²) in [4.78, 5) is 20.7. The van der Waals surface area contributed by atoms with Crippen LogP contribution in [0.2, 0.25) is 0 Å². The number of hydroxylamine groups is 1. The first-order chi connectivity index (χ1) is 14.8. The molecule has 0 bridgehead atoms. The molecule has 2 atom stereocenters. The number of hydrogen-bond acceptors (Lipinski definition) is 7. The van der Waals surface area contributed by atoms with E-state index in [9.17, 15) is 26.4 Å². The molecule has 3 rings (SSSR count). The SMILES string of the molecule is CC(CC1CC(c2ccc(-c3ccc(C(F)(F)F)nc3)cc2)=NO1)(C(=O)NO)S(C)(=O)=O. The topological polar surface area (TPSA) is 118 Å². The lowest BCUT2D eigenvalue weighted by Gasteiger charge is -2.26. The number of halogens is 3. The number of rotatable bonds is 6. The number of nitrogens with zero attached hydrogens (tertiary/aromatic N) is 2. The summed E-state index contributed by atoms with van der Waals surface area (Å²) in [5, 5.41) is 12.9. The summed E-state index contributed by atoms with van der Waals surface area (Å²) in [5.74, 6) is -1.06. The summed E-state index contributed by atoms with van der Waals surface area (Å²) in [7, 11) is -3.87. The lowest BCUT2D eigenvalue weighted by atomic mass is 9.96. The molecule has 0 saturated heterocycles. The highest BCUT2D eigenvalue weighted by Crippen LogP contribution is 2.31. The van der Waals surface area contributed by atoms with Gasteiger partial charge in [-0.05, 0) is 24.1 Å². The van der Waals surface area contributed by atoms with Gasteiger partial charge in [0.25, 0.3) is 5.91 Å². The minimum atomic E-state index is -4.51. The molecule has 0 radical (unpaired) electrons. The molecule has 1 aromatic heterocycles. The molecule has 1 aliphatic heterocycles. The van der Waals surface area contributed by atoms with Crippen LogP contribution in [0, 0.1) is 0 Å². The van der Waals surface area contributed by atoms with E-state index in [0.717, 1.165) is 18.5 Å². The summed E-state index contributed by atoms with van der Waals surface area (Å²) >= 11 is 0. The van der Waals surface area contributed by atoms with Crippen molar-refractivity contribution in [1.29, 1.82) is 0 Å². The number of carbonyl (C=O) groups is 1. The van der Waals surface area contributed by atoms with Crippen molar-refractivity contribution in [3.63, 3.8) is 0 Å². The molecule has 2 aromatic rings. The Hall–Kier alpha value is -2.99. The van der Waals surface area contributed by atoms with Crippen molar-refractivity contribution < 1.29 is 36.4 Å². The van der Waals surface area contributed by atoms with Crippen molar-refractivity contribution in [2.24, 2.45) is 5.16 Å². The van der Waals surface area contributed by atoms with Gasteiger partial charge < -0.3 is 4.84 Å². The first kappa shape index (κ1) is 23.7. The molecule has 0 spiro atoms. The standard InChI is InChI=1S/C20H20F3N3O5S/c1-19(18(27)25-28,32(2,29)30)10-15-9-16(26-31-15)13-5-3-12(4-6-13)14-7-8-17(24-11-14)20(21,22)23/h3-8,11,15,28H,9-10H2,1-2H3,(H,25,27). The lowest BCUT2D eigenvalue weighted by Crippen LogP contribution is -2.51. The molecule has 1 aliphatic rings. The predicted octanol–water partition coefficient (Wildman–Crippen LogP) is 2.96. The maximum absolute atomic E-state index is 12.7. The van der Waals surface area contributed by atoms with Crippen LogP contribution in [0.15, 0.2) is 47.8 Å². The van der Waals surface area contributed by atoms with Gasteiger partial charge in [-0.3, -0.25) is 15.0 Å². The molecular weight excluding hydrogens is 451 g/mol. The zero-order valence-corrected chi connectivity index (χ0v) is 17.9. The van der Waals surface area contributed by atoms with Crippen LogP contribution in [0.25, 0.3) is 11.1 Å². The Bertz CT molecular complexity index is 1130. The minimum absolute atomic E-state index is 0.222. The molecule has 2 heterocycles. The van der Waals surface area contributed by atoms with E-state index in [1.807, 2.05) is 0 Å². The largest absolute Gasteiger partial charge is 0.433 e. The van der Waals surface area contributed by atoms with Gasteiger partial charge in [-0.2, -0.15) is 13.2 Å². The normalized spacial score (nSPS) is 18.4. The minimum Gasteiger partial charge on any atom is -0.392 e. The van der Waals surface area contributed by atoms with E-state index in [1.165, 1.54) is 18.5 Å². The number of alkyl halides is 3. The average molecular weight is 471 g/mol. The molecule has 1 amide bonds. The van der Waals surface area contributed by atoms with E-state index in [-0.39, 0.29) is 12.8 Å². The van der Waals surface area contributed by atoms with Crippen LogP contribution < -0.4 is 5.48 Å². The fourth-order valence-electron chi connectivity index (χ4n) is 3.26. The molecule has 8 nitrogen and oxygen atoms in total. The van der Waals surface area contributed by atoms with Crippen molar-refractivity contribution in [3.8, 4) is 11.1 Å². The first-order valence-corrected chi connectivity index (χ1v) is 11.2. The molecule has 1 aromatic carbocycles. The summed E-state index contributed by atoms with van der Waals surface area (Å²) in [5.41, 5.74) is 2.75. The molecule has 172 valence electrons. The van der Waals surface area contributed by atoms with E-state index < -0.39 is 38.5 Å². The van der Waals surface area contributed by atoms with E-state index in [1.54, 1.807) is 24.3 Å². The number of pyridine rings is 1. The van der Waals surface area contributed by atoms with Crippen LogP contribution in [0.3, 0.4) is 0 Å². The zero-order chi connectivity index (χ0) is 23.7. The molecule has 32 heavy (non-hydrogen) atoms. The summed E-state index contributed by atoms with van der Waals surface area (Å²) in [6.07, 6.45) is -3.17. The Morgan fingerprint density at radius 1 is 1.16 bits per heavy atom. The van der Waals surface area contributed by atoms with Gasteiger partial charge in [0.2, 0.25) is 0 Å². The summed E-state index contributed by atoms with van der Waals surface area (Å²) in [6, 6.07) is 9.02. The maximum atomic E-state index is 12.7. The highest BCUT2D eigenvalue weighted by Gasteiger charge is 2.47. The molecule has 0 fully saturated rings. The summed E-state index contributed by atoms with van der Waals surface area (Å²) < 4.78 is 60.3. The van der Waals surface area contributed by atoms with Crippen molar-refractivity contribution >= 4 is 21.5 Å². The van der Waals surface area contributed by atoms with Crippen LogP contribution in [-0.4, -0.2) is 47.3 Å². The smallest absolute Gasteiger partial charge is 0.392 e. The Balaban J connectivity index is 1.71. The van der Waals surface area contributed by atoms with Gasteiger partial charge in [0.1, 0.15) is 11.8 Å². The van der Waals surface area contributed by atoms with Gasteiger partial charge >= 0.3 is 6.18 Å². The van der Waals surface area contributed by atoms with E-state index in [0.29, 0.717) is 22.4 Å². The van der Waals surface area contributed by atoms with Gasteiger partial charge in [0, 0.05) is 30.9 Å². The third kappa shape index (κ3) is 4.75. The van der Waals surface area contributed by atoms with Gasteiger partial charge in [-0.15, -0.1) is 0 Å². The summed E-state index contributed by atoms with van der Waals surface area (Å²) in [6.45, 7) is 1.20. The maximum Gasteiger partial charge on any atom is 0.433 e. The second-order valence-electron chi connectivity index (χ2n) is 7.62. The highest BCUT2D eigenvalue weighted by molar-refractivity contribution is 7.92. The number of sulfone groups is 1. The lowest BCUT2D eigenvalue weighted by molar-refractivity contribution is -0.141. The average Bonchev–Trinajstić information content (AvgIpc) is 3.20. The quantitative estimate of drug-likeness (QED) is 0.494. The Morgan fingerprint density at radius 2 is 1.75 bits per heavy atom. The first-order valence-electron chi connectivity index (χ1n) is 9.36. The van der Waals surface area contributed by atoms with Crippen molar-refractivity contribution in [2.75, 3.05) is 6.26 Å². The van der Waals surface area contributed by atoms with E-state index >= 15 is 0 Å². The highest BCUT2D eigenvalue weighted by atomic mass is 32.2. The fraction of sp³-hybridized carbons (Fsp3) is 0.350. The van der Waals surface area contributed by atoms with Crippen LogP contribution in [0.4, 0.5) is 13.2 Å². The van der Waals surface area contributed by atoms with Crippen LogP contribution >= 0.6 is 0 Å². The van der Waals surface area contributed by atoms with Gasteiger partial charge in [0.15, 0.2) is 14.6 Å². The number of hydrogen-bond donors (Lipinski definition) is 2. The molecular formula is C20H20F3N3O5S. The number of nitrogens with one attached hydrogen (secondary N) is 1. The van der Waals surface area contributed by atoms with Gasteiger partial charge in [0.05, 0.1) is 5.71 Å². The van der Waals surface area contributed by atoms with Crippen LogP contribution in [0.1, 0.15) is 31.0 Å². The number of aromatic nitrogens is 1. The number of benzene rings is 1. The van der Waals surface area contributed by atoms with Crippen LogP contribution in [0.5, 0.6) is 0 Å². The Kier molecular flexibility index (Phi) is 6.29. The number of amides is 1. The fourth-order valence-corrected chi connectivity index (χ4v) is 4.13. The third-order valence-electron chi connectivity index (χ3n) is 5.36. The van der Waals surface area contributed by atoms with Gasteiger partial charge in [-0.1, -0.05) is 35.5 Å². The van der Waals surface area contributed by atoms with Crippen molar-refractivity contribution in [2.45, 2.75) is 36.8 Å². The van der Waals surface area contributed by atoms with Gasteiger partial charge in [-0.25, -0.2) is 13.9 Å². The third-order valence-corrected chi connectivity index (χ3v) is 7.34. The number of carbonyl (C=O) groups excluding carboxylic acids is 1. The molecule has 2 N–H and O–H groups in total. The molecule has 0 saturated carbocycles. The Morgan fingerprint density at radius 3 is 2.25 bits per heavy atom. The predicted molar refractivity (Wildman–Crippen MR) is 108 cm³/mol. The zero-order valence-electron chi connectivity index (χ0n) is 17.0. The van der Waals surface area contributed by atoms with Crippen molar-refractivity contribution in [1.82, 2.24) is 10.5 Å². The second-order valence-corrected chi connectivity index (χ2v) is 10.1. The molecule has 12 heteroatoms. The van der Waals surface area contributed by atoms with E-state index in [4.69, 9.17) is 10.0 Å². The van der Waals surface area contributed by atoms with Crippen LogP contribution in [-0.2, 0) is 25.6 Å². The second kappa shape index (κ2) is 8.51. The van der Waals surface area contributed by atoms with E-state index in [2.05, 4.69) is 10.1 Å². The number of oxime groups is 1. The monoisotopic (exact) mass is 471 g/mol. The molecule has 0 aliphatic carbocycles. The Labute approximate surface area is 182 Å². The van der Waals surface area contributed by atoms with Crippen molar-refractivity contribution in [3.05, 3.63) is 53.9 Å².